The van der Waals surface area contributed by atoms with E-state index in [2.05, 4.69) is 14.7 Å². The molecule has 1 aromatic heterocycles. The van der Waals surface area contributed by atoms with Gasteiger partial charge in [0.25, 0.3) is 0 Å². The molecule has 0 saturated carbocycles. The molecule has 0 unspecified atom stereocenters. The summed E-state index contributed by atoms with van der Waals surface area (Å²) < 4.78 is 41.8. The number of aromatic nitrogens is 2. The van der Waals surface area contributed by atoms with Crippen LogP contribution in [0.25, 0.3) is 0 Å². The van der Waals surface area contributed by atoms with Gasteiger partial charge in [-0.3, -0.25) is 0 Å². The second kappa shape index (κ2) is 4.24. The second-order valence-electron chi connectivity index (χ2n) is 2.60. The van der Waals surface area contributed by atoms with Gasteiger partial charge in [-0.2, -0.15) is 18.2 Å². The van der Waals surface area contributed by atoms with Gasteiger partial charge in [0, 0.05) is 18.2 Å². The molecule has 0 aliphatic rings. The van der Waals surface area contributed by atoms with Crippen molar-refractivity contribution in [3.05, 3.63) is 17.5 Å². The highest BCUT2D eigenvalue weighted by molar-refractivity contribution is 5.55. The zero-order valence-electron chi connectivity index (χ0n) is 7.71. The van der Waals surface area contributed by atoms with E-state index in [9.17, 15) is 18.0 Å². The number of alkyl halides is 3. The van der Waals surface area contributed by atoms with Crippen molar-refractivity contribution in [2.24, 2.45) is 0 Å². The van der Waals surface area contributed by atoms with E-state index in [1.165, 1.54) is 0 Å². The molecule has 0 bridgehead atoms. The Hall–Kier alpha value is -1.66. The lowest BCUT2D eigenvalue weighted by molar-refractivity contribution is -0.142. The second-order valence-corrected chi connectivity index (χ2v) is 2.60. The molecule has 0 aliphatic carbocycles. The van der Waals surface area contributed by atoms with Crippen molar-refractivity contribution in [3.8, 4) is 6.01 Å². The first-order valence-corrected chi connectivity index (χ1v) is 3.89. The summed E-state index contributed by atoms with van der Waals surface area (Å²) in [4.78, 5) is 16.8. The fourth-order valence-corrected chi connectivity index (χ4v) is 0.974. The highest BCUT2D eigenvalue weighted by Gasteiger charge is 2.36. The summed E-state index contributed by atoms with van der Waals surface area (Å²) in [5.41, 5.74) is -1.40. The Balaban J connectivity index is 3.22. The van der Waals surface area contributed by atoms with E-state index < -0.39 is 11.9 Å². The van der Waals surface area contributed by atoms with Gasteiger partial charge in [0.15, 0.2) is 5.69 Å². The third kappa shape index (κ3) is 2.64. The van der Waals surface area contributed by atoms with Crippen LogP contribution in [0.1, 0.15) is 11.3 Å². The highest BCUT2D eigenvalue weighted by Crippen LogP contribution is 2.30. The van der Waals surface area contributed by atoms with E-state index in [1.54, 1.807) is 0 Å². The van der Waals surface area contributed by atoms with Gasteiger partial charge >= 0.3 is 12.2 Å². The largest absolute Gasteiger partial charge is 0.467 e. The van der Waals surface area contributed by atoms with Crippen molar-refractivity contribution in [2.75, 3.05) is 7.11 Å². The minimum absolute atomic E-state index is 0.265. The van der Waals surface area contributed by atoms with E-state index in [0.717, 1.165) is 13.3 Å². The van der Waals surface area contributed by atoms with Crippen LogP contribution in [-0.4, -0.2) is 23.4 Å². The number of hydrogen-bond acceptors (Lipinski definition) is 4. The molecule has 82 valence electrons. The van der Waals surface area contributed by atoms with Crippen LogP contribution in [0.3, 0.4) is 0 Å². The predicted molar refractivity (Wildman–Crippen MR) is 43.4 cm³/mol. The molecule has 0 amide bonds. The lowest BCUT2D eigenvalue weighted by Gasteiger charge is -2.10. The molecule has 0 radical (unpaired) electrons. The lowest BCUT2D eigenvalue weighted by atomic mass is 10.2. The third-order valence-corrected chi connectivity index (χ3v) is 1.60. The van der Waals surface area contributed by atoms with E-state index >= 15 is 0 Å². The molecule has 1 heterocycles. The van der Waals surface area contributed by atoms with Crippen LogP contribution >= 0.6 is 0 Å². The fourth-order valence-electron chi connectivity index (χ4n) is 0.974. The average molecular weight is 220 g/mol. The Morgan fingerprint density at radius 1 is 1.53 bits per heavy atom. The van der Waals surface area contributed by atoms with E-state index in [-0.39, 0.29) is 18.0 Å². The number of carbonyl (C=O) groups excluding carboxylic acids is 1. The molecule has 0 atom stereocenters. The summed E-state index contributed by atoms with van der Waals surface area (Å²) in [7, 11) is 1.16. The Kier molecular flexibility index (Phi) is 3.23. The Bertz CT molecular complexity index is 365. The fraction of sp³-hybridized carbons (Fsp3) is 0.375. The van der Waals surface area contributed by atoms with Crippen molar-refractivity contribution in [2.45, 2.75) is 12.6 Å². The first-order valence-electron chi connectivity index (χ1n) is 3.89. The van der Waals surface area contributed by atoms with E-state index in [0.29, 0.717) is 6.29 Å². The van der Waals surface area contributed by atoms with Crippen molar-refractivity contribution in [1.29, 1.82) is 0 Å². The van der Waals surface area contributed by atoms with Crippen LogP contribution in [0.4, 0.5) is 13.2 Å². The molecule has 0 N–H and O–H groups in total. The van der Waals surface area contributed by atoms with E-state index in [1.807, 2.05) is 0 Å². The molecular weight excluding hydrogens is 213 g/mol. The molecule has 0 aromatic carbocycles. The number of hydrogen-bond donors (Lipinski definition) is 0. The predicted octanol–water partition coefficient (Wildman–Crippen LogP) is 1.25. The van der Waals surface area contributed by atoms with Crippen LogP contribution in [0.2, 0.25) is 0 Å². The van der Waals surface area contributed by atoms with Crippen LogP contribution < -0.4 is 4.74 Å². The van der Waals surface area contributed by atoms with Crippen molar-refractivity contribution >= 4 is 6.29 Å². The van der Waals surface area contributed by atoms with Gasteiger partial charge in [0.1, 0.15) is 6.29 Å². The minimum Gasteiger partial charge on any atom is -0.467 e. The van der Waals surface area contributed by atoms with Crippen molar-refractivity contribution in [3.63, 3.8) is 0 Å². The van der Waals surface area contributed by atoms with Crippen LogP contribution in [0, 0.1) is 0 Å². The molecule has 0 saturated heterocycles. The smallest absolute Gasteiger partial charge is 0.433 e. The number of ether oxygens (including phenoxy) is 1. The quantitative estimate of drug-likeness (QED) is 0.719. The number of methoxy groups -OCH3 is 1. The summed E-state index contributed by atoms with van der Waals surface area (Å²) in [6, 6.07) is -0.378. The summed E-state index contributed by atoms with van der Waals surface area (Å²) >= 11 is 0. The molecule has 4 nitrogen and oxygen atoms in total. The maximum atomic E-state index is 12.4. The normalized spacial score (nSPS) is 11.2. The van der Waals surface area contributed by atoms with Gasteiger partial charge in [-0.15, -0.1) is 0 Å². The number of halogens is 3. The Labute approximate surface area is 83.1 Å². The third-order valence-electron chi connectivity index (χ3n) is 1.60. The molecule has 15 heavy (non-hydrogen) atoms. The molecule has 0 spiro atoms. The molecular formula is C8H7F3N2O2. The summed E-state index contributed by atoms with van der Waals surface area (Å²) in [5.74, 6) is 0. The minimum atomic E-state index is -4.62. The van der Waals surface area contributed by atoms with Crippen molar-refractivity contribution in [1.82, 2.24) is 9.97 Å². The molecule has 7 heteroatoms. The molecule has 0 aliphatic heterocycles. The van der Waals surface area contributed by atoms with Gasteiger partial charge in [0.2, 0.25) is 0 Å². The number of carbonyl (C=O) groups is 1. The van der Waals surface area contributed by atoms with Crippen LogP contribution in [-0.2, 0) is 17.4 Å². The maximum absolute atomic E-state index is 12.4. The summed E-state index contributed by atoms with van der Waals surface area (Å²) in [5, 5.41) is 0. The Morgan fingerprint density at radius 2 is 2.20 bits per heavy atom. The van der Waals surface area contributed by atoms with Crippen LogP contribution in [0.15, 0.2) is 6.20 Å². The van der Waals surface area contributed by atoms with Gasteiger partial charge in [-0.25, -0.2) is 4.98 Å². The number of aldehydes is 1. The topological polar surface area (TPSA) is 52.1 Å². The van der Waals surface area contributed by atoms with Crippen LogP contribution in [0.5, 0.6) is 6.01 Å². The molecule has 1 aromatic rings. The molecule has 0 fully saturated rings. The number of rotatable bonds is 3. The lowest BCUT2D eigenvalue weighted by Crippen LogP contribution is -2.14. The zero-order chi connectivity index (χ0) is 11.5. The Morgan fingerprint density at radius 3 is 2.67 bits per heavy atom. The molecule has 1 rings (SSSR count). The summed E-state index contributed by atoms with van der Waals surface area (Å²) in [6.07, 6.45) is -3.70. The first-order chi connectivity index (χ1) is 6.99. The maximum Gasteiger partial charge on any atom is 0.433 e. The van der Waals surface area contributed by atoms with Gasteiger partial charge in [-0.1, -0.05) is 0 Å². The van der Waals surface area contributed by atoms with Gasteiger partial charge in [0.05, 0.1) is 7.11 Å². The van der Waals surface area contributed by atoms with E-state index in [4.69, 9.17) is 0 Å². The standard InChI is InChI=1S/C8H7F3N2O2/c1-15-7-12-4-5(2-3-14)6(13-7)8(9,10)11/h3-4H,2H2,1H3. The zero-order valence-corrected chi connectivity index (χ0v) is 7.71. The first kappa shape index (κ1) is 11.4. The number of nitrogens with zero attached hydrogens (tertiary/aromatic N) is 2. The average Bonchev–Trinajstić information content (AvgIpc) is 2.17. The van der Waals surface area contributed by atoms with Gasteiger partial charge in [-0.05, 0) is 0 Å². The highest BCUT2D eigenvalue weighted by atomic mass is 19.4. The summed E-state index contributed by atoms with van der Waals surface area (Å²) in [6.45, 7) is 0. The SMILES string of the molecule is COc1ncc(CC=O)c(C(F)(F)F)n1. The van der Waals surface area contributed by atoms with Crippen molar-refractivity contribution < 1.29 is 22.7 Å². The van der Waals surface area contributed by atoms with Gasteiger partial charge < -0.3 is 9.53 Å². The monoisotopic (exact) mass is 220 g/mol.